The van der Waals surface area contributed by atoms with Crippen LogP contribution in [0.25, 0.3) is 16.2 Å². The molecule has 0 fully saturated rings. The summed E-state index contributed by atoms with van der Waals surface area (Å²) in [6.07, 6.45) is 3.72. The predicted octanol–water partition coefficient (Wildman–Crippen LogP) is 2.69. The predicted molar refractivity (Wildman–Crippen MR) is 64.4 cm³/mol. The van der Waals surface area contributed by atoms with Gasteiger partial charge >= 0.3 is 0 Å². The summed E-state index contributed by atoms with van der Waals surface area (Å²) in [6, 6.07) is 6.24. The minimum atomic E-state index is -0.252. The maximum Gasteiger partial charge on any atom is 0.194 e. The Bertz CT molecular complexity index is 625. The third-order valence-electron chi connectivity index (χ3n) is 2.50. The van der Waals surface area contributed by atoms with Gasteiger partial charge in [0.25, 0.3) is 0 Å². The Balaban J connectivity index is 2.06. The lowest BCUT2D eigenvalue weighted by Crippen LogP contribution is -1.79. The van der Waals surface area contributed by atoms with Crippen LogP contribution in [-0.2, 0) is 6.61 Å². The first-order valence-corrected chi connectivity index (χ1v) is 5.92. The first kappa shape index (κ1) is 10.4. The molecule has 1 aromatic carbocycles. The summed E-state index contributed by atoms with van der Waals surface area (Å²) >= 11 is 1.44. The molecule has 0 atom stereocenters. The Morgan fingerprint density at radius 3 is 2.65 bits per heavy atom. The minimum Gasteiger partial charge on any atom is -0.391 e. The number of halogens is 1. The SMILES string of the molecule is OCc1cn2cc(-c3ccc(F)cc3)nc2s1. The van der Waals surface area contributed by atoms with Crippen LogP contribution in [0.4, 0.5) is 4.39 Å². The fourth-order valence-electron chi connectivity index (χ4n) is 1.68. The van der Waals surface area contributed by atoms with Crippen molar-refractivity contribution in [1.29, 1.82) is 0 Å². The number of hydrogen-bond donors (Lipinski definition) is 1. The molecule has 0 aliphatic heterocycles. The Morgan fingerprint density at radius 2 is 2.00 bits per heavy atom. The van der Waals surface area contributed by atoms with E-state index in [0.717, 1.165) is 21.1 Å². The van der Waals surface area contributed by atoms with E-state index in [4.69, 9.17) is 5.11 Å². The van der Waals surface area contributed by atoms with Gasteiger partial charge < -0.3 is 5.11 Å². The highest BCUT2D eigenvalue weighted by molar-refractivity contribution is 7.17. The Labute approximate surface area is 101 Å². The molecular formula is C12H9FN2OS. The van der Waals surface area contributed by atoms with Crippen molar-refractivity contribution >= 4 is 16.3 Å². The molecule has 0 saturated carbocycles. The highest BCUT2D eigenvalue weighted by Crippen LogP contribution is 2.23. The number of aliphatic hydroxyl groups excluding tert-OH is 1. The van der Waals surface area contributed by atoms with E-state index >= 15 is 0 Å². The highest BCUT2D eigenvalue weighted by atomic mass is 32.1. The van der Waals surface area contributed by atoms with Crippen molar-refractivity contribution in [1.82, 2.24) is 9.38 Å². The highest BCUT2D eigenvalue weighted by Gasteiger charge is 2.07. The van der Waals surface area contributed by atoms with Gasteiger partial charge in [-0.3, -0.25) is 4.40 Å². The molecule has 2 aromatic heterocycles. The molecule has 3 aromatic rings. The van der Waals surface area contributed by atoms with Crippen molar-refractivity contribution in [2.24, 2.45) is 0 Å². The molecular weight excluding hydrogens is 239 g/mol. The van der Waals surface area contributed by atoms with Gasteiger partial charge in [0.15, 0.2) is 4.96 Å². The molecule has 0 amide bonds. The molecule has 17 heavy (non-hydrogen) atoms. The van der Waals surface area contributed by atoms with Crippen molar-refractivity contribution in [3.05, 3.63) is 47.4 Å². The number of benzene rings is 1. The molecule has 0 aliphatic rings. The first-order valence-electron chi connectivity index (χ1n) is 5.10. The first-order chi connectivity index (χ1) is 8.26. The summed E-state index contributed by atoms with van der Waals surface area (Å²) in [6.45, 7) is 0.0277. The molecule has 1 N–H and O–H groups in total. The smallest absolute Gasteiger partial charge is 0.194 e. The van der Waals surface area contributed by atoms with E-state index < -0.39 is 0 Å². The van der Waals surface area contributed by atoms with Crippen LogP contribution < -0.4 is 0 Å². The molecule has 5 heteroatoms. The van der Waals surface area contributed by atoms with Crippen molar-refractivity contribution in [2.75, 3.05) is 0 Å². The number of aromatic nitrogens is 2. The molecule has 0 radical (unpaired) electrons. The van der Waals surface area contributed by atoms with Crippen LogP contribution in [0.1, 0.15) is 4.88 Å². The normalized spacial score (nSPS) is 11.2. The van der Waals surface area contributed by atoms with Gasteiger partial charge in [-0.25, -0.2) is 9.37 Å². The lowest BCUT2D eigenvalue weighted by atomic mass is 10.2. The van der Waals surface area contributed by atoms with Gasteiger partial charge in [-0.2, -0.15) is 0 Å². The van der Waals surface area contributed by atoms with Crippen LogP contribution in [0.2, 0.25) is 0 Å². The summed E-state index contributed by atoms with van der Waals surface area (Å²) in [5.74, 6) is -0.252. The second kappa shape index (κ2) is 3.94. The lowest BCUT2D eigenvalue weighted by molar-refractivity contribution is 0.285. The quantitative estimate of drug-likeness (QED) is 0.757. The average Bonchev–Trinajstić information content (AvgIpc) is 2.87. The van der Waals surface area contributed by atoms with Crippen LogP contribution >= 0.6 is 11.3 Å². The van der Waals surface area contributed by atoms with Crippen LogP contribution in [0.15, 0.2) is 36.7 Å². The zero-order chi connectivity index (χ0) is 11.8. The largest absolute Gasteiger partial charge is 0.391 e. The summed E-state index contributed by atoms with van der Waals surface area (Å²) < 4.78 is 14.7. The van der Waals surface area contributed by atoms with E-state index in [1.165, 1.54) is 23.5 Å². The van der Waals surface area contributed by atoms with Crippen LogP contribution in [-0.4, -0.2) is 14.5 Å². The Kier molecular flexibility index (Phi) is 2.42. The average molecular weight is 248 g/mol. The molecule has 0 unspecified atom stereocenters. The molecule has 3 rings (SSSR count). The van der Waals surface area contributed by atoms with E-state index in [9.17, 15) is 4.39 Å². The van der Waals surface area contributed by atoms with Crippen molar-refractivity contribution < 1.29 is 9.50 Å². The summed E-state index contributed by atoms with van der Waals surface area (Å²) in [5, 5.41) is 9.00. The Hall–Kier alpha value is -1.72. The van der Waals surface area contributed by atoms with Crippen molar-refractivity contribution in [3.63, 3.8) is 0 Å². The van der Waals surface area contributed by atoms with Gasteiger partial charge in [0.05, 0.1) is 17.2 Å². The number of hydrogen-bond acceptors (Lipinski definition) is 3. The second-order valence-electron chi connectivity index (χ2n) is 3.68. The van der Waals surface area contributed by atoms with E-state index in [1.54, 1.807) is 12.1 Å². The van der Waals surface area contributed by atoms with Crippen LogP contribution in [0, 0.1) is 5.82 Å². The van der Waals surface area contributed by atoms with Gasteiger partial charge in [-0.1, -0.05) is 11.3 Å². The van der Waals surface area contributed by atoms with Crippen molar-refractivity contribution in [2.45, 2.75) is 6.61 Å². The van der Waals surface area contributed by atoms with Gasteiger partial charge in [-0.15, -0.1) is 0 Å². The topological polar surface area (TPSA) is 37.5 Å². The molecule has 2 heterocycles. The standard InChI is InChI=1S/C12H9FN2OS/c13-9-3-1-8(2-4-9)11-6-15-5-10(7-16)17-12(15)14-11/h1-6,16H,7H2. The Morgan fingerprint density at radius 1 is 1.24 bits per heavy atom. The summed E-state index contributed by atoms with van der Waals surface area (Å²) in [4.78, 5) is 6.13. The fraction of sp³-hybridized carbons (Fsp3) is 0.0833. The van der Waals surface area contributed by atoms with E-state index in [0.29, 0.717) is 0 Å². The van der Waals surface area contributed by atoms with Crippen LogP contribution in [0.5, 0.6) is 0 Å². The minimum absolute atomic E-state index is 0.0277. The van der Waals surface area contributed by atoms with Gasteiger partial charge in [-0.05, 0) is 24.3 Å². The molecule has 0 bridgehead atoms. The van der Waals surface area contributed by atoms with Gasteiger partial charge in [0, 0.05) is 18.0 Å². The van der Waals surface area contributed by atoms with E-state index in [-0.39, 0.29) is 12.4 Å². The number of rotatable bonds is 2. The maximum atomic E-state index is 12.8. The lowest BCUT2D eigenvalue weighted by Gasteiger charge is -1.94. The molecule has 0 aliphatic carbocycles. The number of thiazole rings is 1. The molecule has 86 valence electrons. The van der Waals surface area contributed by atoms with E-state index in [1.807, 2.05) is 16.8 Å². The zero-order valence-electron chi connectivity index (χ0n) is 8.80. The number of imidazole rings is 1. The van der Waals surface area contributed by atoms with Crippen LogP contribution in [0.3, 0.4) is 0 Å². The summed E-state index contributed by atoms with van der Waals surface area (Å²) in [5.41, 5.74) is 1.69. The third kappa shape index (κ3) is 1.83. The number of fused-ring (bicyclic) bond motifs is 1. The van der Waals surface area contributed by atoms with E-state index in [2.05, 4.69) is 4.98 Å². The van der Waals surface area contributed by atoms with Gasteiger partial charge in [0.2, 0.25) is 0 Å². The second-order valence-corrected chi connectivity index (χ2v) is 4.77. The zero-order valence-corrected chi connectivity index (χ0v) is 9.62. The fourth-order valence-corrected chi connectivity index (χ4v) is 2.50. The molecule has 0 saturated heterocycles. The number of aliphatic hydroxyl groups is 1. The third-order valence-corrected chi connectivity index (χ3v) is 3.48. The summed E-state index contributed by atoms with van der Waals surface area (Å²) in [7, 11) is 0. The van der Waals surface area contributed by atoms with Crippen molar-refractivity contribution in [3.8, 4) is 11.3 Å². The number of nitrogens with zero attached hydrogens (tertiary/aromatic N) is 2. The monoisotopic (exact) mass is 248 g/mol. The van der Waals surface area contributed by atoms with Gasteiger partial charge in [0.1, 0.15) is 5.82 Å². The maximum absolute atomic E-state index is 12.8. The molecule has 3 nitrogen and oxygen atoms in total. The molecule has 0 spiro atoms.